The van der Waals surface area contributed by atoms with E-state index in [1.54, 1.807) is 6.07 Å². The number of para-hydroxylation sites is 1. The number of carbonyl (C=O) groups is 3. The van der Waals surface area contributed by atoms with Crippen LogP contribution in [0.15, 0.2) is 54.2 Å². The van der Waals surface area contributed by atoms with Gasteiger partial charge in [-0.05, 0) is 42.8 Å². The molecule has 1 aliphatic heterocycles. The number of aryl methyl sites for hydroxylation is 1. The Bertz CT molecular complexity index is 1190. The Hall–Kier alpha value is -3.58. The molecule has 2 heterocycles. The minimum atomic E-state index is -0.820. The van der Waals surface area contributed by atoms with E-state index in [-0.39, 0.29) is 5.57 Å². The van der Waals surface area contributed by atoms with E-state index in [0.717, 1.165) is 22.2 Å². The van der Waals surface area contributed by atoms with Crippen LogP contribution >= 0.6 is 11.6 Å². The Kier molecular flexibility index (Phi) is 5.29. The quantitative estimate of drug-likeness (QED) is 0.486. The highest BCUT2D eigenvalue weighted by Crippen LogP contribution is 2.25. The zero-order valence-electron chi connectivity index (χ0n) is 16.1. The second kappa shape index (κ2) is 8.04. The first-order valence-corrected chi connectivity index (χ1v) is 9.65. The summed E-state index contributed by atoms with van der Waals surface area (Å²) in [4.78, 5) is 35.3. The van der Waals surface area contributed by atoms with Crippen LogP contribution in [0.1, 0.15) is 11.1 Å². The van der Waals surface area contributed by atoms with E-state index >= 15 is 0 Å². The second-order valence-corrected chi connectivity index (χ2v) is 7.26. The smallest absolute Gasteiger partial charge is 0.328 e. The first-order chi connectivity index (χ1) is 14.4. The third kappa shape index (κ3) is 3.92. The number of nitrogens with zero attached hydrogens (tertiary/aromatic N) is 1. The van der Waals surface area contributed by atoms with Crippen molar-refractivity contribution in [2.45, 2.75) is 13.5 Å². The molecule has 2 aromatic carbocycles. The van der Waals surface area contributed by atoms with Gasteiger partial charge in [-0.2, -0.15) is 0 Å². The third-order valence-electron chi connectivity index (χ3n) is 4.79. The first kappa shape index (κ1) is 19.7. The largest absolute Gasteiger partial charge is 0.492 e. The molecule has 7 nitrogen and oxygen atoms in total. The van der Waals surface area contributed by atoms with Gasteiger partial charge < -0.3 is 9.30 Å². The molecule has 0 aliphatic carbocycles. The molecule has 8 heteroatoms. The predicted octanol–water partition coefficient (Wildman–Crippen LogP) is 3.43. The summed E-state index contributed by atoms with van der Waals surface area (Å²) in [7, 11) is 0. The van der Waals surface area contributed by atoms with Crippen LogP contribution in [0.5, 0.6) is 5.75 Å². The van der Waals surface area contributed by atoms with Gasteiger partial charge in [0.05, 0.1) is 6.54 Å². The number of benzene rings is 2. The molecule has 1 aromatic heterocycles. The Morgan fingerprint density at radius 1 is 1.07 bits per heavy atom. The first-order valence-electron chi connectivity index (χ1n) is 9.27. The molecule has 30 heavy (non-hydrogen) atoms. The Balaban J connectivity index is 1.58. The number of rotatable bonds is 5. The van der Waals surface area contributed by atoms with E-state index in [1.807, 2.05) is 54.1 Å². The van der Waals surface area contributed by atoms with Crippen molar-refractivity contribution >= 4 is 46.4 Å². The number of hydrogen-bond acceptors (Lipinski definition) is 4. The maximum absolute atomic E-state index is 12.0. The summed E-state index contributed by atoms with van der Waals surface area (Å²) >= 11 is 6.05. The predicted molar refractivity (Wildman–Crippen MR) is 113 cm³/mol. The fraction of sp³-hybridized carbons (Fsp3) is 0.136. The summed E-state index contributed by atoms with van der Waals surface area (Å²) in [5.41, 5.74) is 2.46. The van der Waals surface area contributed by atoms with E-state index < -0.39 is 17.8 Å². The Morgan fingerprint density at radius 3 is 2.53 bits per heavy atom. The van der Waals surface area contributed by atoms with Crippen molar-refractivity contribution < 1.29 is 19.1 Å². The molecule has 1 saturated heterocycles. The molecule has 0 bridgehead atoms. The molecule has 3 aromatic rings. The lowest BCUT2D eigenvalue weighted by Gasteiger charge is -2.13. The van der Waals surface area contributed by atoms with Gasteiger partial charge in [0.15, 0.2) is 0 Å². The lowest BCUT2D eigenvalue weighted by Crippen LogP contribution is -2.51. The Labute approximate surface area is 177 Å². The summed E-state index contributed by atoms with van der Waals surface area (Å²) in [5.74, 6) is -0.708. The zero-order valence-corrected chi connectivity index (χ0v) is 16.8. The second-order valence-electron chi connectivity index (χ2n) is 6.85. The Morgan fingerprint density at radius 2 is 1.80 bits per heavy atom. The fourth-order valence-electron chi connectivity index (χ4n) is 3.31. The number of fused-ring (bicyclic) bond motifs is 1. The van der Waals surface area contributed by atoms with E-state index in [4.69, 9.17) is 16.3 Å². The maximum Gasteiger partial charge on any atom is 0.328 e. The topological polar surface area (TPSA) is 89.4 Å². The van der Waals surface area contributed by atoms with Crippen LogP contribution in [-0.2, 0) is 16.1 Å². The van der Waals surface area contributed by atoms with Gasteiger partial charge in [-0.1, -0.05) is 29.8 Å². The third-order valence-corrected chi connectivity index (χ3v) is 5.22. The van der Waals surface area contributed by atoms with E-state index in [9.17, 15) is 14.4 Å². The fourth-order valence-corrected chi connectivity index (χ4v) is 3.42. The lowest BCUT2D eigenvalue weighted by atomic mass is 10.1. The molecule has 0 unspecified atom stereocenters. The monoisotopic (exact) mass is 423 g/mol. The molecule has 0 radical (unpaired) electrons. The van der Waals surface area contributed by atoms with Gasteiger partial charge in [-0.25, -0.2) is 4.79 Å². The average Bonchev–Trinajstić information content (AvgIpc) is 3.05. The van der Waals surface area contributed by atoms with Crippen molar-refractivity contribution in [1.29, 1.82) is 0 Å². The summed E-state index contributed by atoms with van der Waals surface area (Å²) in [6.45, 7) is 2.90. The van der Waals surface area contributed by atoms with Gasteiger partial charge >= 0.3 is 6.03 Å². The molecule has 1 aliphatic rings. The number of ether oxygens (including phenoxy) is 1. The van der Waals surface area contributed by atoms with Crippen molar-refractivity contribution in [3.8, 4) is 5.75 Å². The standard InChI is InChI=1S/C22H18ClN3O4/c1-13-10-15(6-7-18(13)23)30-9-8-26-12-14(16-4-2-3-5-19(16)26)11-17-20(27)24-22(29)25-21(17)28/h2-7,10-12H,8-9H2,1H3,(H2,24,25,27,28,29). The van der Waals surface area contributed by atoms with Gasteiger partial charge in [0.1, 0.15) is 17.9 Å². The number of aromatic nitrogens is 1. The minimum Gasteiger partial charge on any atom is -0.492 e. The highest BCUT2D eigenvalue weighted by atomic mass is 35.5. The van der Waals surface area contributed by atoms with Gasteiger partial charge in [-0.3, -0.25) is 20.2 Å². The maximum atomic E-state index is 12.0. The number of hydrogen-bond donors (Lipinski definition) is 2. The van der Waals surface area contributed by atoms with Crippen LogP contribution in [0.25, 0.3) is 17.0 Å². The van der Waals surface area contributed by atoms with Crippen molar-refractivity contribution in [2.75, 3.05) is 6.61 Å². The highest BCUT2D eigenvalue weighted by molar-refractivity contribution is 6.31. The molecule has 2 N–H and O–H groups in total. The average molecular weight is 424 g/mol. The molecule has 0 saturated carbocycles. The van der Waals surface area contributed by atoms with Crippen LogP contribution in [0.3, 0.4) is 0 Å². The van der Waals surface area contributed by atoms with Gasteiger partial charge in [0, 0.05) is 27.7 Å². The zero-order chi connectivity index (χ0) is 21.3. The molecule has 0 spiro atoms. The van der Waals surface area contributed by atoms with Gasteiger partial charge in [0.25, 0.3) is 11.8 Å². The molecule has 1 fully saturated rings. The van der Waals surface area contributed by atoms with Gasteiger partial charge in [0.2, 0.25) is 0 Å². The molecule has 152 valence electrons. The summed E-state index contributed by atoms with van der Waals surface area (Å²) in [6.07, 6.45) is 3.34. The van der Waals surface area contributed by atoms with E-state index in [0.29, 0.717) is 23.7 Å². The van der Waals surface area contributed by atoms with Crippen LogP contribution in [0.4, 0.5) is 4.79 Å². The molecule has 0 atom stereocenters. The van der Waals surface area contributed by atoms with Crippen LogP contribution in [0.2, 0.25) is 5.02 Å². The minimum absolute atomic E-state index is 0.120. The number of carbonyl (C=O) groups excluding carboxylic acids is 3. The summed E-state index contributed by atoms with van der Waals surface area (Å²) < 4.78 is 7.83. The van der Waals surface area contributed by atoms with Crippen molar-refractivity contribution in [3.63, 3.8) is 0 Å². The number of nitrogens with one attached hydrogen (secondary N) is 2. The van der Waals surface area contributed by atoms with E-state index in [1.165, 1.54) is 6.08 Å². The van der Waals surface area contributed by atoms with Crippen LogP contribution in [0, 0.1) is 6.92 Å². The summed E-state index contributed by atoms with van der Waals surface area (Å²) in [6, 6.07) is 12.3. The number of amides is 4. The SMILES string of the molecule is Cc1cc(OCCn2cc(C=C3C(=O)NC(=O)NC3=O)c3ccccc32)ccc1Cl. The van der Waals surface area contributed by atoms with Crippen molar-refractivity contribution in [2.24, 2.45) is 0 Å². The number of halogens is 1. The number of imide groups is 2. The van der Waals surface area contributed by atoms with E-state index in [2.05, 4.69) is 10.6 Å². The lowest BCUT2D eigenvalue weighted by molar-refractivity contribution is -0.123. The molecule has 4 amide bonds. The molecule has 4 rings (SSSR count). The summed E-state index contributed by atoms with van der Waals surface area (Å²) in [5, 5.41) is 5.73. The highest BCUT2D eigenvalue weighted by Gasteiger charge is 2.28. The van der Waals surface area contributed by atoms with Crippen molar-refractivity contribution in [1.82, 2.24) is 15.2 Å². The molecular formula is C22H18ClN3O4. The normalized spacial score (nSPS) is 13.9. The van der Waals surface area contributed by atoms with Gasteiger partial charge in [-0.15, -0.1) is 0 Å². The number of urea groups is 1. The van der Waals surface area contributed by atoms with Crippen LogP contribution < -0.4 is 15.4 Å². The number of barbiturate groups is 1. The van der Waals surface area contributed by atoms with Crippen LogP contribution in [-0.4, -0.2) is 29.0 Å². The van der Waals surface area contributed by atoms with Crippen molar-refractivity contribution in [3.05, 3.63) is 70.4 Å². The molecular weight excluding hydrogens is 406 g/mol.